The van der Waals surface area contributed by atoms with E-state index in [-0.39, 0.29) is 23.2 Å². The average molecular weight is 351 g/mol. The molecule has 1 aromatic heterocycles. The van der Waals surface area contributed by atoms with E-state index in [2.05, 4.69) is 10.4 Å². The molecule has 0 aliphatic carbocycles. The molecule has 0 bridgehead atoms. The van der Waals surface area contributed by atoms with E-state index in [9.17, 15) is 14.0 Å². The quantitative estimate of drug-likeness (QED) is 0.720. The monoisotopic (exact) mass is 351 g/mol. The molecular formula is C20H18FN3O2. The Morgan fingerprint density at radius 2 is 1.69 bits per heavy atom. The molecule has 0 aliphatic heterocycles. The number of rotatable bonds is 4. The largest absolute Gasteiger partial charge is 0.306 e. The van der Waals surface area contributed by atoms with Crippen molar-refractivity contribution in [3.63, 3.8) is 0 Å². The Hall–Kier alpha value is -3.28. The van der Waals surface area contributed by atoms with E-state index in [1.807, 2.05) is 19.1 Å². The van der Waals surface area contributed by atoms with Gasteiger partial charge in [-0.2, -0.15) is 5.10 Å². The fourth-order valence-electron chi connectivity index (χ4n) is 2.75. The van der Waals surface area contributed by atoms with Crippen LogP contribution in [0.15, 0.2) is 48.5 Å². The number of amides is 1. The predicted octanol–water partition coefficient (Wildman–Crippen LogP) is 4.08. The smallest absolute Gasteiger partial charge is 0.257 e. The maximum absolute atomic E-state index is 13.2. The Kier molecular flexibility index (Phi) is 4.67. The molecule has 0 saturated carbocycles. The molecule has 3 rings (SSSR count). The van der Waals surface area contributed by atoms with Gasteiger partial charge in [-0.05, 0) is 49.7 Å². The summed E-state index contributed by atoms with van der Waals surface area (Å²) >= 11 is 0. The number of carbonyl (C=O) groups excluding carboxylic acids is 2. The van der Waals surface area contributed by atoms with Crippen molar-refractivity contribution >= 4 is 17.5 Å². The van der Waals surface area contributed by atoms with E-state index in [1.165, 1.54) is 35.9 Å². The maximum atomic E-state index is 13.2. The summed E-state index contributed by atoms with van der Waals surface area (Å²) in [6, 6.07) is 12.9. The molecule has 26 heavy (non-hydrogen) atoms. The highest BCUT2D eigenvalue weighted by Gasteiger charge is 2.21. The minimum atomic E-state index is -0.380. The Bertz CT molecular complexity index is 991. The number of carbonyl (C=O) groups is 2. The Balaban J connectivity index is 2.08. The van der Waals surface area contributed by atoms with Crippen molar-refractivity contribution in [2.75, 3.05) is 5.32 Å². The SMILES string of the molecule is CC(=O)c1nn(-c2ccc(F)cc2)c(NC(=O)c2ccccc2C)c1C. The molecule has 1 heterocycles. The van der Waals surface area contributed by atoms with Crippen LogP contribution in [-0.4, -0.2) is 21.5 Å². The molecule has 5 nitrogen and oxygen atoms in total. The standard InChI is InChI=1S/C20H18FN3O2/c1-12-6-4-5-7-17(12)20(26)22-19-13(2)18(14(3)25)23-24(19)16-10-8-15(21)9-11-16/h4-11H,1-3H3,(H,22,26). The molecule has 0 saturated heterocycles. The second kappa shape index (κ2) is 6.92. The van der Waals surface area contributed by atoms with Crippen molar-refractivity contribution in [3.8, 4) is 5.69 Å². The molecule has 0 fully saturated rings. The van der Waals surface area contributed by atoms with Gasteiger partial charge < -0.3 is 5.32 Å². The van der Waals surface area contributed by atoms with Crippen LogP contribution in [0.3, 0.4) is 0 Å². The van der Waals surface area contributed by atoms with Crippen LogP contribution in [0.4, 0.5) is 10.2 Å². The molecule has 132 valence electrons. The van der Waals surface area contributed by atoms with Gasteiger partial charge >= 0.3 is 0 Å². The van der Waals surface area contributed by atoms with E-state index in [0.29, 0.717) is 22.6 Å². The third-order valence-corrected chi connectivity index (χ3v) is 4.15. The summed E-state index contributed by atoms with van der Waals surface area (Å²) in [5.41, 5.74) is 2.73. The number of aromatic nitrogens is 2. The van der Waals surface area contributed by atoms with Crippen LogP contribution in [-0.2, 0) is 0 Å². The fraction of sp³-hybridized carbons (Fsp3) is 0.150. The predicted molar refractivity (Wildman–Crippen MR) is 97.4 cm³/mol. The second-order valence-corrected chi connectivity index (χ2v) is 6.04. The van der Waals surface area contributed by atoms with Gasteiger partial charge in [0.15, 0.2) is 5.78 Å². The van der Waals surface area contributed by atoms with Crippen molar-refractivity contribution < 1.29 is 14.0 Å². The van der Waals surface area contributed by atoms with Crippen LogP contribution < -0.4 is 5.32 Å². The molecule has 6 heteroatoms. The van der Waals surface area contributed by atoms with Crippen molar-refractivity contribution in [2.24, 2.45) is 0 Å². The zero-order chi connectivity index (χ0) is 18.8. The normalized spacial score (nSPS) is 10.6. The van der Waals surface area contributed by atoms with Crippen molar-refractivity contribution in [2.45, 2.75) is 20.8 Å². The first-order chi connectivity index (χ1) is 12.4. The van der Waals surface area contributed by atoms with Crippen molar-refractivity contribution in [3.05, 3.63) is 76.7 Å². The highest BCUT2D eigenvalue weighted by molar-refractivity contribution is 6.06. The minimum absolute atomic E-state index is 0.213. The summed E-state index contributed by atoms with van der Waals surface area (Å²) in [7, 11) is 0. The molecule has 2 aromatic carbocycles. The average Bonchev–Trinajstić information content (AvgIpc) is 2.93. The lowest BCUT2D eigenvalue weighted by Crippen LogP contribution is -2.17. The zero-order valence-electron chi connectivity index (χ0n) is 14.7. The zero-order valence-corrected chi connectivity index (χ0v) is 14.7. The topological polar surface area (TPSA) is 64.0 Å². The van der Waals surface area contributed by atoms with Crippen LogP contribution >= 0.6 is 0 Å². The van der Waals surface area contributed by atoms with Crippen LogP contribution in [0.25, 0.3) is 5.69 Å². The summed E-state index contributed by atoms with van der Waals surface area (Å²) in [5.74, 6) is -0.510. The Morgan fingerprint density at radius 3 is 2.31 bits per heavy atom. The molecule has 0 unspecified atom stereocenters. The molecule has 0 radical (unpaired) electrons. The lowest BCUT2D eigenvalue weighted by atomic mass is 10.1. The first-order valence-electron chi connectivity index (χ1n) is 8.12. The van der Waals surface area contributed by atoms with E-state index in [1.54, 1.807) is 19.1 Å². The molecular weight excluding hydrogens is 333 g/mol. The van der Waals surface area contributed by atoms with Gasteiger partial charge in [-0.1, -0.05) is 18.2 Å². The third-order valence-electron chi connectivity index (χ3n) is 4.15. The van der Waals surface area contributed by atoms with E-state index >= 15 is 0 Å². The number of ketones is 1. The number of hydrogen-bond donors (Lipinski definition) is 1. The summed E-state index contributed by atoms with van der Waals surface area (Å²) in [4.78, 5) is 24.6. The van der Waals surface area contributed by atoms with Gasteiger partial charge in [-0.3, -0.25) is 9.59 Å². The van der Waals surface area contributed by atoms with Gasteiger partial charge in [0.2, 0.25) is 0 Å². The Morgan fingerprint density at radius 1 is 1.04 bits per heavy atom. The third kappa shape index (κ3) is 3.26. The lowest BCUT2D eigenvalue weighted by Gasteiger charge is -2.11. The summed E-state index contributed by atoms with van der Waals surface area (Å²) in [6.07, 6.45) is 0. The van der Waals surface area contributed by atoms with Gasteiger partial charge in [0, 0.05) is 18.1 Å². The lowest BCUT2D eigenvalue weighted by molar-refractivity contribution is 0.100. The number of Topliss-reactive ketones (excluding diaryl/α,β-unsaturated/α-hetero) is 1. The van der Waals surface area contributed by atoms with Crippen molar-refractivity contribution in [1.82, 2.24) is 9.78 Å². The molecule has 0 atom stereocenters. The molecule has 0 aliphatic rings. The number of hydrogen-bond acceptors (Lipinski definition) is 3. The van der Waals surface area contributed by atoms with Crippen molar-refractivity contribution in [1.29, 1.82) is 0 Å². The number of benzene rings is 2. The summed E-state index contributed by atoms with van der Waals surface area (Å²) in [5, 5.41) is 7.15. The van der Waals surface area contributed by atoms with Gasteiger partial charge in [0.1, 0.15) is 17.3 Å². The van der Waals surface area contributed by atoms with Crippen LogP contribution in [0.1, 0.15) is 38.9 Å². The number of nitrogens with one attached hydrogen (secondary N) is 1. The fourth-order valence-corrected chi connectivity index (χ4v) is 2.75. The number of anilines is 1. The minimum Gasteiger partial charge on any atom is -0.306 e. The first-order valence-corrected chi connectivity index (χ1v) is 8.12. The second-order valence-electron chi connectivity index (χ2n) is 6.04. The van der Waals surface area contributed by atoms with Gasteiger partial charge in [-0.15, -0.1) is 0 Å². The molecule has 0 spiro atoms. The van der Waals surface area contributed by atoms with E-state index < -0.39 is 0 Å². The van der Waals surface area contributed by atoms with Crippen LogP contribution in [0.5, 0.6) is 0 Å². The van der Waals surface area contributed by atoms with Crippen LogP contribution in [0.2, 0.25) is 0 Å². The maximum Gasteiger partial charge on any atom is 0.257 e. The van der Waals surface area contributed by atoms with E-state index in [0.717, 1.165) is 5.56 Å². The van der Waals surface area contributed by atoms with Gasteiger partial charge in [-0.25, -0.2) is 9.07 Å². The molecule has 3 aromatic rings. The van der Waals surface area contributed by atoms with Gasteiger partial charge in [0.25, 0.3) is 5.91 Å². The highest BCUT2D eigenvalue weighted by atomic mass is 19.1. The summed E-state index contributed by atoms with van der Waals surface area (Å²) < 4.78 is 14.7. The number of aryl methyl sites for hydroxylation is 1. The first kappa shape index (κ1) is 17.5. The highest BCUT2D eigenvalue weighted by Crippen LogP contribution is 2.25. The van der Waals surface area contributed by atoms with Gasteiger partial charge in [0.05, 0.1) is 5.69 Å². The number of nitrogens with zero attached hydrogens (tertiary/aromatic N) is 2. The Labute approximate surface area is 150 Å². The molecule has 1 N–H and O–H groups in total. The van der Waals surface area contributed by atoms with E-state index in [4.69, 9.17) is 0 Å². The van der Waals surface area contributed by atoms with Crippen LogP contribution in [0, 0.1) is 19.7 Å². The number of halogens is 1. The summed E-state index contributed by atoms with van der Waals surface area (Å²) in [6.45, 7) is 4.98. The molecule has 1 amide bonds.